The number of carbonyl (C=O) groups excluding carboxylic acids is 5. The summed E-state index contributed by atoms with van der Waals surface area (Å²) < 4.78 is 101. The molecule has 6 aromatic rings. The number of nitrogens with one attached hydrogen (secondary N) is 4. The Labute approximate surface area is 621 Å². The molecule has 20 nitrogen and oxygen atoms in total. The van der Waals surface area contributed by atoms with Crippen LogP contribution in [0.15, 0.2) is 147 Å². The zero-order valence-corrected chi connectivity index (χ0v) is 63.7. The molecule has 28 heteroatoms. The molecule has 10 rings (SSSR count). The molecule has 4 aliphatic rings. The van der Waals surface area contributed by atoms with Crippen LogP contribution in [0.2, 0.25) is 5.02 Å². The first kappa shape index (κ1) is 79.2. The number of carbonyl (C=O) groups is 5. The number of hydrogen-bond acceptors (Lipinski definition) is 17. The number of piperazine rings is 2. The number of hydrogen-bond donors (Lipinski definition) is 5. The predicted molar refractivity (Wildman–Crippen MR) is 402 cm³/mol. The first-order chi connectivity index (χ1) is 49.3. The van der Waals surface area contributed by atoms with Gasteiger partial charge in [0.25, 0.3) is 25.8 Å². The summed E-state index contributed by atoms with van der Waals surface area (Å²) >= 11 is 9.26. The fourth-order valence-electron chi connectivity index (χ4n) is 13.9. The molecule has 5 N–H and O–H groups in total. The van der Waals surface area contributed by atoms with E-state index in [0.29, 0.717) is 81.8 Å². The SMILES string of the molecule is Cc1ncsc1-c1ccc(CNC(=O)[C@@H]2C[C@@H](O)CN2C(=O)C(NC(=O)CCCCCC(=O)N2CCN(C[C@H](CCSc3ccccc3)Nc3ccc(S(=O)(=O)NC(=O)c4ccc(N5CCN(CC6=C(c7ccc(Cl)cc7)CCC(C)(C)C6)CC5)cc4)cc3S(=O)(=O)C(F)(F)F)CC2)C(C)(C)C)cc1. The molecule has 3 fully saturated rings. The van der Waals surface area contributed by atoms with Crippen molar-refractivity contribution < 1.29 is 59.1 Å². The molecule has 1 unspecified atom stereocenters. The first-order valence-corrected chi connectivity index (χ1v) is 40.6. The topological polar surface area (TPSA) is 251 Å². The van der Waals surface area contributed by atoms with Crippen molar-refractivity contribution in [3.63, 3.8) is 0 Å². The number of aryl methyl sites for hydroxylation is 1. The number of sulfonamides is 1. The maximum absolute atomic E-state index is 14.6. The van der Waals surface area contributed by atoms with Crippen molar-refractivity contribution in [1.29, 1.82) is 0 Å². The molecule has 4 heterocycles. The van der Waals surface area contributed by atoms with Crippen LogP contribution in [0.4, 0.5) is 24.5 Å². The number of thiazole rings is 1. The van der Waals surface area contributed by atoms with Crippen LogP contribution < -0.4 is 25.6 Å². The fraction of sp³-hybridized carbons (Fsp3) is 0.474. The molecule has 0 radical (unpaired) electrons. The Kier molecular flexibility index (Phi) is 26.2. The van der Waals surface area contributed by atoms with E-state index < -0.39 is 88.2 Å². The van der Waals surface area contributed by atoms with Crippen molar-refractivity contribution in [3.8, 4) is 10.4 Å². The van der Waals surface area contributed by atoms with Gasteiger partial charge in [-0.3, -0.25) is 33.8 Å². The summed E-state index contributed by atoms with van der Waals surface area (Å²) in [5, 5.41) is 20.2. The lowest BCUT2D eigenvalue weighted by Gasteiger charge is -2.39. The van der Waals surface area contributed by atoms with Crippen LogP contribution in [0.1, 0.15) is 126 Å². The summed E-state index contributed by atoms with van der Waals surface area (Å²) in [6, 6.07) is 31.3. The highest BCUT2D eigenvalue weighted by Gasteiger charge is 2.49. The monoisotopic (exact) mass is 1530 g/mol. The molecule has 1 aromatic heterocycles. The second kappa shape index (κ2) is 34.5. The van der Waals surface area contributed by atoms with Crippen LogP contribution in [0.5, 0.6) is 0 Å². The van der Waals surface area contributed by atoms with E-state index >= 15 is 0 Å². The Morgan fingerprint density at radius 3 is 2.12 bits per heavy atom. The summed E-state index contributed by atoms with van der Waals surface area (Å²) in [6.07, 6.45) is 4.23. The van der Waals surface area contributed by atoms with Crippen LogP contribution in [0.25, 0.3) is 16.0 Å². The van der Waals surface area contributed by atoms with Gasteiger partial charge < -0.3 is 35.8 Å². The van der Waals surface area contributed by atoms with Gasteiger partial charge in [0.15, 0.2) is 0 Å². The average Bonchev–Trinajstić information content (AvgIpc) is 1.02. The first-order valence-electron chi connectivity index (χ1n) is 35.4. The Bertz CT molecular complexity index is 4260. The number of aliphatic hydroxyl groups is 1. The minimum Gasteiger partial charge on any atom is -0.391 e. The third-order valence-electron chi connectivity index (χ3n) is 19.8. The lowest BCUT2D eigenvalue weighted by atomic mass is 9.73. The van der Waals surface area contributed by atoms with Gasteiger partial charge in [-0.1, -0.05) is 113 Å². The molecule has 560 valence electrons. The Morgan fingerprint density at radius 1 is 0.798 bits per heavy atom. The van der Waals surface area contributed by atoms with Crippen molar-refractivity contribution in [3.05, 3.63) is 160 Å². The van der Waals surface area contributed by atoms with E-state index in [4.69, 9.17) is 11.6 Å². The van der Waals surface area contributed by atoms with Gasteiger partial charge in [-0.15, -0.1) is 23.1 Å². The van der Waals surface area contributed by atoms with Crippen LogP contribution in [0, 0.1) is 17.8 Å². The van der Waals surface area contributed by atoms with Gasteiger partial charge in [0.2, 0.25) is 23.6 Å². The molecule has 5 aromatic carbocycles. The van der Waals surface area contributed by atoms with E-state index in [9.17, 15) is 59.1 Å². The second-order valence-electron chi connectivity index (χ2n) is 29.3. The lowest BCUT2D eigenvalue weighted by Crippen LogP contribution is -2.57. The van der Waals surface area contributed by atoms with Crippen molar-refractivity contribution in [2.75, 3.05) is 88.0 Å². The highest BCUT2D eigenvalue weighted by atomic mass is 35.5. The number of thioether (sulfide) groups is 1. The Balaban J connectivity index is 0.703. The molecule has 0 spiro atoms. The number of β-amino-alcohol motifs (C(OH)–C–C–N with tert-alkyl or cyclic N) is 1. The number of aliphatic hydroxyl groups excluding tert-OH is 1. The number of sulfone groups is 1. The van der Waals surface area contributed by atoms with Gasteiger partial charge in [-0.2, -0.15) is 13.2 Å². The molecule has 1 aliphatic carbocycles. The number of aromatic nitrogens is 1. The molecule has 5 amide bonds. The Hall–Kier alpha value is -7.37. The normalized spacial score (nSPS) is 18.4. The van der Waals surface area contributed by atoms with E-state index in [1.54, 1.807) is 33.9 Å². The van der Waals surface area contributed by atoms with Gasteiger partial charge in [0, 0.05) is 125 Å². The van der Waals surface area contributed by atoms with Crippen LogP contribution >= 0.6 is 34.7 Å². The van der Waals surface area contributed by atoms with E-state index in [-0.39, 0.29) is 61.7 Å². The molecule has 104 heavy (non-hydrogen) atoms. The van der Waals surface area contributed by atoms with E-state index in [1.807, 2.05) is 104 Å². The number of halogens is 4. The maximum Gasteiger partial charge on any atom is 0.501 e. The van der Waals surface area contributed by atoms with E-state index in [1.165, 1.54) is 45.5 Å². The molecule has 4 atom stereocenters. The number of alkyl halides is 3. The van der Waals surface area contributed by atoms with E-state index in [0.717, 1.165) is 83.3 Å². The van der Waals surface area contributed by atoms with E-state index in [2.05, 4.69) is 56.7 Å². The van der Waals surface area contributed by atoms with Gasteiger partial charge in [-0.05, 0) is 151 Å². The molecular weight excluding hydrogens is 1430 g/mol. The number of unbranched alkanes of at least 4 members (excludes halogenated alkanes) is 2. The van der Waals surface area contributed by atoms with Gasteiger partial charge >= 0.3 is 5.51 Å². The van der Waals surface area contributed by atoms with Crippen molar-refractivity contribution >= 4 is 101 Å². The van der Waals surface area contributed by atoms with Crippen LogP contribution in [-0.4, -0.2) is 184 Å². The molecule has 3 aliphatic heterocycles. The number of benzene rings is 5. The van der Waals surface area contributed by atoms with Gasteiger partial charge in [0.1, 0.15) is 17.0 Å². The van der Waals surface area contributed by atoms with Crippen molar-refractivity contribution in [2.24, 2.45) is 10.8 Å². The minimum absolute atomic E-state index is 0.0451. The zero-order valence-electron chi connectivity index (χ0n) is 59.6. The van der Waals surface area contributed by atoms with Crippen LogP contribution in [-0.2, 0) is 45.6 Å². The largest absolute Gasteiger partial charge is 0.501 e. The molecular formula is C76H94ClF3N10O10S4. The zero-order chi connectivity index (χ0) is 74.7. The summed E-state index contributed by atoms with van der Waals surface area (Å²) in [4.78, 5) is 82.3. The number of likely N-dealkylation sites (tertiary alicyclic amines) is 1. The van der Waals surface area contributed by atoms with Crippen LogP contribution in [0.3, 0.4) is 0 Å². The van der Waals surface area contributed by atoms with Gasteiger partial charge in [-0.25, -0.2) is 26.5 Å². The predicted octanol–water partition coefficient (Wildman–Crippen LogP) is 11.8. The van der Waals surface area contributed by atoms with Gasteiger partial charge in [0.05, 0.1) is 32.8 Å². The highest BCUT2D eigenvalue weighted by molar-refractivity contribution is 7.99. The summed E-state index contributed by atoms with van der Waals surface area (Å²) in [5.41, 5.74) is 2.46. The molecule has 0 saturated carbocycles. The number of anilines is 2. The summed E-state index contributed by atoms with van der Waals surface area (Å²) in [5.74, 6) is -1.97. The number of allylic oxidation sites excluding steroid dienone is 1. The summed E-state index contributed by atoms with van der Waals surface area (Å²) in [7, 11) is -11.2. The number of amides is 5. The Morgan fingerprint density at radius 2 is 1.46 bits per heavy atom. The fourth-order valence-corrected chi connectivity index (χ4v) is 17.8. The smallest absolute Gasteiger partial charge is 0.391 e. The lowest BCUT2D eigenvalue weighted by molar-refractivity contribution is -0.144. The van der Waals surface area contributed by atoms with Crippen molar-refractivity contribution in [2.45, 2.75) is 157 Å². The maximum atomic E-state index is 14.6. The molecule has 0 bridgehead atoms. The summed E-state index contributed by atoms with van der Waals surface area (Å²) in [6.45, 7) is 17.6. The standard InChI is InChI=1S/C76H94ClF3N10O10S4/c1-51-69(102-50-82-51)54-19-17-52(18-20-54)46-81-72(95)65-43-60(91)49-90(65)73(96)70(74(2,3)4)84-67(92)15-11-8-12-16-68(93)89-40-36-87(37-41-89)48-58(32-42-101-61-13-9-7-10-14-61)83-64-30-29-62(44-66(64)103(97,98)76(78,79)80)104(99,100)85-71(94)55-23-27-59(28-24-55)88-38-34-86(35-39-88)47-56-45-75(5,6)33-31-63(56)53-21-25-57(77)26-22-53/h7,9-10,13-14,17-30,44,50,58,60,65,70,83,91H,8,11-12,15-16,31-43,45-49H2,1-6H3,(H,81,95)(H,84,92)(H,85,94)/t58-,60+,65-,70?/m0/s1. The number of nitrogens with zero attached hydrogens (tertiary/aromatic N) is 6. The third-order valence-corrected chi connectivity index (χ3v) is 24.9. The van der Waals surface area contributed by atoms with Crippen molar-refractivity contribution in [1.82, 2.24) is 39.9 Å². The minimum atomic E-state index is -6.20. The third kappa shape index (κ3) is 20.8. The highest BCUT2D eigenvalue weighted by Crippen LogP contribution is 2.44. The second-order valence-corrected chi connectivity index (χ2v) is 35.3. The number of rotatable bonds is 28. The quantitative estimate of drug-likeness (QED) is 0.0226. The molecule has 3 saturated heterocycles. The average molecular weight is 1530 g/mol.